The van der Waals surface area contributed by atoms with Crippen molar-refractivity contribution in [3.8, 4) is 5.75 Å². The van der Waals surface area contributed by atoms with E-state index in [4.69, 9.17) is 4.74 Å². The third kappa shape index (κ3) is 4.86. The normalized spacial score (nSPS) is 15.1. The number of nitrogens with one attached hydrogen (secondary N) is 1. The van der Waals surface area contributed by atoms with Gasteiger partial charge in [-0.3, -0.25) is 9.69 Å². The molecule has 2 aromatic carbocycles. The lowest BCUT2D eigenvalue weighted by Crippen LogP contribution is -2.36. The second-order valence-electron chi connectivity index (χ2n) is 7.53. The van der Waals surface area contributed by atoms with Crippen molar-refractivity contribution in [3.05, 3.63) is 77.9 Å². The largest absolute Gasteiger partial charge is 0.497 e. The zero-order chi connectivity index (χ0) is 20.8. The van der Waals surface area contributed by atoms with Gasteiger partial charge in [0, 0.05) is 12.1 Å². The lowest BCUT2D eigenvalue weighted by atomic mass is 10.0. The molecule has 7 nitrogen and oxygen atoms in total. The molecule has 3 aromatic rings. The molecular weight excluding hydrogens is 378 g/mol. The lowest BCUT2D eigenvalue weighted by molar-refractivity contribution is 0.0938. The van der Waals surface area contributed by atoms with Gasteiger partial charge in [-0.25, -0.2) is 9.67 Å². The maximum atomic E-state index is 12.7. The molecule has 2 heterocycles. The minimum Gasteiger partial charge on any atom is -0.497 e. The van der Waals surface area contributed by atoms with Crippen LogP contribution in [0.15, 0.2) is 61.2 Å². The number of amides is 1. The van der Waals surface area contributed by atoms with Crippen LogP contribution >= 0.6 is 0 Å². The van der Waals surface area contributed by atoms with Crippen LogP contribution in [0.3, 0.4) is 0 Å². The highest BCUT2D eigenvalue weighted by atomic mass is 16.5. The Balaban J connectivity index is 1.40. The van der Waals surface area contributed by atoms with Crippen LogP contribution in [0.4, 0.5) is 0 Å². The highest BCUT2D eigenvalue weighted by molar-refractivity contribution is 5.94. The number of nitrogens with zero attached hydrogens (tertiary/aromatic N) is 4. The van der Waals surface area contributed by atoms with Crippen molar-refractivity contribution in [2.75, 3.05) is 26.7 Å². The van der Waals surface area contributed by atoms with Crippen molar-refractivity contribution in [2.24, 2.45) is 0 Å². The summed E-state index contributed by atoms with van der Waals surface area (Å²) in [6, 6.07) is 15.9. The zero-order valence-electron chi connectivity index (χ0n) is 17.2. The molecule has 1 N–H and O–H groups in total. The number of methoxy groups -OCH3 is 1. The van der Waals surface area contributed by atoms with Gasteiger partial charge < -0.3 is 10.1 Å². The minimum absolute atomic E-state index is 0.0555. The van der Waals surface area contributed by atoms with Gasteiger partial charge in [-0.1, -0.05) is 24.3 Å². The maximum Gasteiger partial charge on any atom is 0.251 e. The van der Waals surface area contributed by atoms with Crippen LogP contribution < -0.4 is 10.1 Å². The molecule has 1 aromatic heterocycles. The van der Waals surface area contributed by atoms with Crippen molar-refractivity contribution < 1.29 is 9.53 Å². The Labute approximate surface area is 176 Å². The average Bonchev–Trinajstić information content (AvgIpc) is 3.49. The van der Waals surface area contributed by atoms with Crippen LogP contribution in [-0.4, -0.2) is 52.3 Å². The Morgan fingerprint density at radius 2 is 1.83 bits per heavy atom. The fraction of sp³-hybridized carbons (Fsp3) is 0.348. The van der Waals surface area contributed by atoms with Crippen molar-refractivity contribution in [3.63, 3.8) is 0 Å². The first-order valence-corrected chi connectivity index (χ1v) is 10.3. The molecule has 0 spiro atoms. The Morgan fingerprint density at radius 3 is 2.47 bits per heavy atom. The van der Waals surface area contributed by atoms with Crippen molar-refractivity contribution in [1.29, 1.82) is 0 Å². The Hall–Kier alpha value is -3.19. The SMILES string of the molecule is COc1ccc([C@@H](CNC(=O)c2ccc(Cn3cncn3)cc2)N2CCCC2)cc1. The van der Waals surface area contributed by atoms with Crippen LogP contribution in [0.1, 0.15) is 40.4 Å². The van der Waals surface area contributed by atoms with E-state index in [1.165, 1.54) is 24.7 Å². The summed E-state index contributed by atoms with van der Waals surface area (Å²) in [7, 11) is 1.67. The Morgan fingerprint density at radius 1 is 1.10 bits per heavy atom. The topological polar surface area (TPSA) is 72.3 Å². The standard InChI is InChI=1S/C23H27N5O2/c1-30-21-10-8-19(9-11-21)22(27-12-2-3-13-27)14-25-23(29)20-6-4-18(5-7-20)15-28-17-24-16-26-28/h4-11,16-17,22H,2-3,12-15H2,1H3,(H,25,29)/t22-/m1/s1. The molecule has 4 rings (SSSR count). The molecular formula is C23H27N5O2. The predicted octanol–water partition coefficient (Wildman–Crippen LogP) is 2.90. The summed E-state index contributed by atoms with van der Waals surface area (Å²) in [5.74, 6) is 0.786. The number of likely N-dealkylation sites (tertiary alicyclic amines) is 1. The van der Waals surface area contributed by atoms with Gasteiger partial charge in [-0.05, 0) is 61.3 Å². The molecule has 0 saturated carbocycles. The molecule has 1 aliphatic heterocycles. The number of benzene rings is 2. The molecule has 0 radical (unpaired) electrons. The zero-order valence-corrected chi connectivity index (χ0v) is 17.2. The number of carbonyl (C=O) groups excluding carboxylic acids is 1. The maximum absolute atomic E-state index is 12.7. The first-order valence-electron chi connectivity index (χ1n) is 10.3. The van der Waals surface area contributed by atoms with E-state index in [0.717, 1.165) is 24.4 Å². The van der Waals surface area contributed by atoms with Crippen LogP contribution in [0, 0.1) is 0 Å². The molecule has 156 valence electrons. The second-order valence-corrected chi connectivity index (χ2v) is 7.53. The van der Waals surface area contributed by atoms with E-state index in [9.17, 15) is 4.79 Å². The molecule has 1 atom stereocenters. The summed E-state index contributed by atoms with van der Waals surface area (Å²) in [5.41, 5.74) is 2.93. The summed E-state index contributed by atoms with van der Waals surface area (Å²) < 4.78 is 7.04. The summed E-state index contributed by atoms with van der Waals surface area (Å²) in [6.07, 6.45) is 5.60. The van der Waals surface area contributed by atoms with Crippen LogP contribution in [0.5, 0.6) is 5.75 Å². The second kappa shape index (κ2) is 9.54. The van der Waals surface area contributed by atoms with E-state index in [1.807, 2.05) is 36.4 Å². The quantitative estimate of drug-likeness (QED) is 0.624. The molecule has 1 saturated heterocycles. The summed E-state index contributed by atoms with van der Waals surface area (Å²) in [4.78, 5) is 19.1. The molecule has 1 fully saturated rings. The van der Waals surface area contributed by atoms with Crippen molar-refractivity contribution >= 4 is 5.91 Å². The van der Waals surface area contributed by atoms with Gasteiger partial charge in [0.1, 0.15) is 18.4 Å². The predicted molar refractivity (Wildman–Crippen MR) is 114 cm³/mol. The van der Waals surface area contributed by atoms with E-state index >= 15 is 0 Å². The third-order valence-electron chi connectivity index (χ3n) is 5.57. The lowest BCUT2D eigenvalue weighted by Gasteiger charge is -2.28. The molecule has 1 amide bonds. The van der Waals surface area contributed by atoms with E-state index < -0.39 is 0 Å². The van der Waals surface area contributed by atoms with Gasteiger partial charge in [-0.2, -0.15) is 5.10 Å². The van der Waals surface area contributed by atoms with E-state index in [-0.39, 0.29) is 11.9 Å². The molecule has 0 unspecified atom stereocenters. The van der Waals surface area contributed by atoms with Gasteiger partial charge >= 0.3 is 0 Å². The van der Waals surface area contributed by atoms with Crippen LogP contribution in [-0.2, 0) is 6.54 Å². The third-order valence-corrected chi connectivity index (χ3v) is 5.57. The molecule has 1 aliphatic rings. The average molecular weight is 406 g/mol. The van der Waals surface area contributed by atoms with Gasteiger partial charge in [0.2, 0.25) is 0 Å². The molecule has 7 heteroatoms. The van der Waals surface area contributed by atoms with Crippen LogP contribution in [0.2, 0.25) is 0 Å². The monoisotopic (exact) mass is 405 g/mol. The van der Waals surface area contributed by atoms with Crippen molar-refractivity contribution in [1.82, 2.24) is 25.0 Å². The molecule has 0 aliphatic carbocycles. The number of ether oxygens (including phenoxy) is 1. The number of carbonyl (C=O) groups is 1. The van der Waals surface area contributed by atoms with Crippen LogP contribution in [0.25, 0.3) is 0 Å². The van der Waals surface area contributed by atoms with E-state index in [1.54, 1.807) is 18.1 Å². The van der Waals surface area contributed by atoms with Gasteiger partial charge in [0.05, 0.1) is 19.7 Å². The van der Waals surface area contributed by atoms with Crippen molar-refractivity contribution in [2.45, 2.75) is 25.4 Å². The summed E-state index contributed by atoms with van der Waals surface area (Å²) in [6.45, 7) is 3.33. The number of hydrogen-bond acceptors (Lipinski definition) is 5. The fourth-order valence-electron chi connectivity index (χ4n) is 3.89. The molecule has 0 bridgehead atoms. The van der Waals surface area contributed by atoms with E-state index in [0.29, 0.717) is 18.7 Å². The smallest absolute Gasteiger partial charge is 0.251 e. The number of hydrogen-bond donors (Lipinski definition) is 1. The summed E-state index contributed by atoms with van der Waals surface area (Å²) >= 11 is 0. The molecule has 30 heavy (non-hydrogen) atoms. The first-order chi connectivity index (χ1) is 14.7. The fourth-order valence-corrected chi connectivity index (χ4v) is 3.89. The Bertz CT molecular complexity index is 933. The van der Waals surface area contributed by atoms with Gasteiger partial charge in [0.15, 0.2) is 0 Å². The highest BCUT2D eigenvalue weighted by Crippen LogP contribution is 2.26. The Kier molecular flexibility index (Phi) is 6.39. The minimum atomic E-state index is -0.0555. The van der Waals surface area contributed by atoms with E-state index in [2.05, 4.69) is 32.4 Å². The van der Waals surface area contributed by atoms with Gasteiger partial charge in [-0.15, -0.1) is 0 Å². The summed E-state index contributed by atoms with van der Waals surface area (Å²) in [5, 5.41) is 7.24. The highest BCUT2D eigenvalue weighted by Gasteiger charge is 2.24. The first kappa shape index (κ1) is 20.1. The number of aromatic nitrogens is 3. The van der Waals surface area contributed by atoms with Gasteiger partial charge in [0.25, 0.3) is 5.91 Å². The number of rotatable bonds is 8.